The third-order valence-electron chi connectivity index (χ3n) is 3.26. The number of nitrogens with zero attached hydrogens (tertiary/aromatic N) is 1. The molecule has 5 nitrogen and oxygen atoms in total. The highest BCUT2D eigenvalue weighted by molar-refractivity contribution is 5.39. The molecule has 114 valence electrons. The Morgan fingerprint density at radius 3 is 2.33 bits per heavy atom. The maximum absolute atomic E-state index is 10.0. The summed E-state index contributed by atoms with van der Waals surface area (Å²) in [6, 6.07) is 11.4. The number of aryl methyl sites for hydroxylation is 2. The molecule has 0 saturated carbocycles. The van der Waals surface area contributed by atoms with Gasteiger partial charge in [0.05, 0.1) is 13.7 Å². The summed E-state index contributed by atoms with van der Waals surface area (Å²) in [5.41, 5.74) is 5.39. The summed E-state index contributed by atoms with van der Waals surface area (Å²) in [6.45, 7) is 4.63. The number of hydrogen-bond donors (Lipinski definition) is 2. The predicted octanol–water partition coefficient (Wildman–Crippen LogP) is 2.10. The maximum Gasteiger partial charge on any atom is 0.161 e. The average Bonchev–Trinajstić information content (AvgIpc) is 2.82. The highest BCUT2D eigenvalue weighted by Crippen LogP contribution is 2.25. The number of ether oxygens (including phenoxy) is 2. The van der Waals surface area contributed by atoms with E-state index in [-0.39, 0.29) is 6.61 Å². The van der Waals surface area contributed by atoms with Crippen LogP contribution in [0.25, 0.3) is 0 Å². The SMILES string of the molecule is COc1ccccc1OCC(O)CNn1c(C)ccc1C. The van der Waals surface area contributed by atoms with Crippen LogP contribution in [0.4, 0.5) is 0 Å². The lowest BCUT2D eigenvalue weighted by Gasteiger charge is -2.17. The molecule has 1 atom stereocenters. The molecule has 0 bridgehead atoms. The first-order chi connectivity index (χ1) is 10.1. The fourth-order valence-electron chi connectivity index (χ4n) is 2.10. The summed E-state index contributed by atoms with van der Waals surface area (Å²) in [4.78, 5) is 0. The van der Waals surface area contributed by atoms with Crippen LogP contribution in [0.3, 0.4) is 0 Å². The molecule has 1 aromatic heterocycles. The molecule has 0 saturated heterocycles. The maximum atomic E-state index is 10.0. The summed E-state index contributed by atoms with van der Waals surface area (Å²) < 4.78 is 12.7. The Balaban J connectivity index is 1.84. The number of benzene rings is 1. The Morgan fingerprint density at radius 2 is 1.71 bits per heavy atom. The molecule has 0 amide bonds. The lowest BCUT2D eigenvalue weighted by atomic mass is 10.3. The Labute approximate surface area is 125 Å². The zero-order chi connectivity index (χ0) is 15.2. The first kappa shape index (κ1) is 15.3. The molecular weight excluding hydrogens is 268 g/mol. The Hall–Kier alpha value is -2.14. The molecule has 2 aromatic rings. The fraction of sp³-hybridized carbons (Fsp3) is 0.375. The van der Waals surface area contributed by atoms with Gasteiger partial charge in [0.1, 0.15) is 12.7 Å². The fourth-order valence-corrected chi connectivity index (χ4v) is 2.10. The molecule has 1 heterocycles. The van der Waals surface area contributed by atoms with E-state index in [4.69, 9.17) is 9.47 Å². The summed E-state index contributed by atoms with van der Waals surface area (Å²) in [6.07, 6.45) is -0.615. The van der Waals surface area contributed by atoms with E-state index in [9.17, 15) is 5.11 Å². The number of aliphatic hydroxyl groups is 1. The zero-order valence-electron chi connectivity index (χ0n) is 12.7. The largest absolute Gasteiger partial charge is 0.493 e. The topological polar surface area (TPSA) is 55.6 Å². The minimum absolute atomic E-state index is 0.201. The van der Waals surface area contributed by atoms with Gasteiger partial charge in [-0.3, -0.25) is 4.68 Å². The van der Waals surface area contributed by atoms with Crippen molar-refractivity contribution >= 4 is 0 Å². The van der Waals surface area contributed by atoms with Crippen LogP contribution in [-0.4, -0.2) is 36.1 Å². The molecule has 0 aliphatic carbocycles. The number of rotatable bonds is 7. The van der Waals surface area contributed by atoms with Gasteiger partial charge in [-0.05, 0) is 38.1 Å². The quantitative estimate of drug-likeness (QED) is 0.820. The second kappa shape index (κ2) is 7.04. The van der Waals surface area contributed by atoms with Crippen LogP contribution in [0, 0.1) is 13.8 Å². The van der Waals surface area contributed by atoms with Crippen molar-refractivity contribution < 1.29 is 14.6 Å². The van der Waals surface area contributed by atoms with E-state index in [1.165, 1.54) is 0 Å². The number of methoxy groups -OCH3 is 1. The van der Waals surface area contributed by atoms with Gasteiger partial charge < -0.3 is 20.0 Å². The Bertz CT molecular complexity index is 561. The highest BCUT2D eigenvalue weighted by atomic mass is 16.5. The van der Waals surface area contributed by atoms with E-state index < -0.39 is 6.10 Å². The van der Waals surface area contributed by atoms with Crippen molar-refractivity contribution in [2.24, 2.45) is 0 Å². The van der Waals surface area contributed by atoms with Crippen molar-refractivity contribution in [1.29, 1.82) is 0 Å². The molecule has 0 spiro atoms. The molecule has 0 aliphatic rings. The normalized spacial score (nSPS) is 12.0. The van der Waals surface area contributed by atoms with E-state index in [0.717, 1.165) is 11.4 Å². The summed E-state index contributed by atoms with van der Waals surface area (Å²) >= 11 is 0. The third kappa shape index (κ3) is 3.92. The molecule has 21 heavy (non-hydrogen) atoms. The lowest BCUT2D eigenvalue weighted by Crippen LogP contribution is -2.31. The Morgan fingerprint density at radius 1 is 1.10 bits per heavy atom. The minimum atomic E-state index is -0.615. The van der Waals surface area contributed by atoms with Crippen molar-refractivity contribution in [2.45, 2.75) is 20.0 Å². The molecule has 2 rings (SSSR count). The van der Waals surface area contributed by atoms with Crippen molar-refractivity contribution in [2.75, 3.05) is 25.7 Å². The van der Waals surface area contributed by atoms with E-state index in [0.29, 0.717) is 18.0 Å². The van der Waals surface area contributed by atoms with Crippen molar-refractivity contribution in [3.63, 3.8) is 0 Å². The first-order valence-electron chi connectivity index (χ1n) is 6.94. The number of aliphatic hydroxyl groups excluding tert-OH is 1. The Kier molecular flexibility index (Phi) is 5.11. The van der Waals surface area contributed by atoms with Crippen LogP contribution in [0.1, 0.15) is 11.4 Å². The third-order valence-corrected chi connectivity index (χ3v) is 3.26. The summed E-state index contributed by atoms with van der Waals surface area (Å²) in [7, 11) is 1.60. The van der Waals surface area contributed by atoms with Crippen LogP contribution < -0.4 is 14.9 Å². The molecule has 2 N–H and O–H groups in total. The van der Waals surface area contributed by atoms with Gasteiger partial charge in [-0.15, -0.1) is 0 Å². The van der Waals surface area contributed by atoms with Gasteiger partial charge in [-0.1, -0.05) is 12.1 Å². The van der Waals surface area contributed by atoms with Gasteiger partial charge >= 0.3 is 0 Å². The minimum Gasteiger partial charge on any atom is -0.493 e. The van der Waals surface area contributed by atoms with E-state index in [2.05, 4.69) is 5.43 Å². The molecule has 5 heteroatoms. The monoisotopic (exact) mass is 290 g/mol. The highest BCUT2D eigenvalue weighted by Gasteiger charge is 2.09. The van der Waals surface area contributed by atoms with Gasteiger partial charge in [0.25, 0.3) is 0 Å². The van der Waals surface area contributed by atoms with Crippen LogP contribution in [0.15, 0.2) is 36.4 Å². The second-order valence-electron chi connectivity index (χ2n) is 4.93. The molecule has 0 radical (unpaired) electrons. The first-order valence-corrected chi connectivity index (χ1v) is 6.94. The molecule has 0 fully saturated rings. The lowest BCUT2D eigenvalue weighted by molar-refractivity contribution is 0.113. The van der Waals surface area contributed by atoms with E-state index >= 15 is 0 Å². The molecular formula is C16H22N2O3. The number of aromatic nitrogens is 1. The standard InChI is InChI=1S/C16H22N2O3/c1-12-8-9-13(2)18(12)17-10-14(19)11-21-16-7-5-4-6-15(16)20-3/h4-9,14,17,19H,10-11H2,1-3H3. The van der Waals surface area contributed by atoms with Crippen molar-refractivity contribution in [3.05, 3.63) is 47.8 Å². The van der Waals surface area contributed by atoms with Gasteiger partial charge in [0, 0.05) is 11.4 Å². The zero-order valence-corrected chi connectivity index (χ0v) is 12.7. The van der Waals surface area contributed by atoms with Crippen LogP contribution in [-0.2, 0) is 0 Å². The molecule has 0 aliphatic heterocycles. The summed E-state index contributed by atoms with van der Waals surface area (Å²) in [5, 5.41) is 10.0. The van der Waals surface area contributed by atoms with Gasteiger partial charge in [-0.25, -0.2) is 0 Å². The summed E-state index contributed by atoms with van der Waals surface area (Å²) in [5.74, 6) is 1.29. The average molecular weight is 290 g/mol. The van der Waals surface area contributed by atoms with Crippen LogP contribution >= 0.6 is 0 Å². The predicted molar refractivity (Wildman–Crippen MR) is 82.6 cm³/mol. The van der Waals surface area contributed by atoms with E-state index in [1.807, 2.05) is 54.9 Å². The van der Waals surface area contributed by atoms with Gasteiger partial charge in [0.2, 0.25) is 0 Å². The van der Waals surface area contributed by atoms with Crippen molar-refractivity contribution in [1.82, 2.24) is 4.68 Å². The number of para-hydroxylation sites is 2. The molecule has 1 aromatic carbocycles. The van der Waals surface area contributed by atoms with Crippen LogP contribution in [0.5, 0.6) is 11.5 Å². The van der Waals surface area contributed by atoms with Gasteiger partial charge in [0.15, 0.2) is 11.5 Å². The van der Waals surface area contributed by atoms with Crippen LogP contribution in [0.2, 0.25) is 0 Å². The van der Waals surface area contributed by atoms with Crippen molar-refractivity contribution in [3.8, 4) is 11.5 Å². The van der Waals surface area contributed by atoms with E-state index in [1.54, 1.807) is 7.11 Å². The smallest absolute Gasteiger partial charge is 0.161 e. The number of nitrogens with one attached hydrogen (secondary N) is 1. The second-order valence-corrected chi connectivity index (χ2v) is 4.93. The molecule has 1 unspecified atom stereocenters. The van der Waals surface area contributed by atoms with Gasteiger partial charge in [-0.2, -0.15) is 0 Å². The number of hydrogen-bond acceptors (Lipinski definition) is 4.